The van der Waals surface area contributed by atoms with Crippen LogP contribution in [0, 0.1) is 17.8 Å². The van der Waals surface area contributed by atoms with Gasteiger partial charge in [0.2, 0.25) is 5.91 Å². The normalized spacial score (nSPS) is 33.4. The minimum atomic E-state index is -0.354. The Morgan fingerprint density at radius 1 is 1.44 bits per heavy atom. The topological polar surface area (TPSA) is 55.1 Å². The van der Waals surface area contributed by atoms with Crippen molar-refractivity contribution in [1.82, 2.24) is 5.32 Å². The lowest BCUT2D eigenvalue weighted by molar-refractivity contribution is -0.124. The van der Waals surface area contributed by atoms with Gasteiger partial charge >= 0.3 is 0 Å². The number of amides is 1. The minimum Gasteiger partial charge on any atom is -0.352 e. The van der Waals surface area contributed by atoms with E-state index in [0.29, 0.717) is 17.9 Å². The minimum absolute atomic E-state index is 0.0281. The summed E-state index contributed by atoms with van der Waals surface area (Å²) in [5, 5.41) is 3.11. The standard InChI is InChI=1S/C13H26N2O/c1-5-8(2)12(14)13(16)15-11-7-6-9(3)10(11)4/h8-12H,5-7,14H2,1-4H3,(H,15,16). The Morgan fingerprint density at radius 2 is 2.06 bits per heavy atom. The molecule has 0 aromatic heterocycles. The highest BCUT2D eigenvalue weighted by molar-refractivity contribution is 5.82. The second-order valence-corrected chi connectivity index (χ2v) is 5.44. The molecule has 5 unspecified atom stereocenters. The van der Waals surface area contributed by atoms with Gasteiger partial charge in [-0.05, 0) is 30.6 Å². The fraction of sp³-hybridized carbons (Fsp3) is 0.923. The van der Waals surface area contributed by atoms with Crippen LogP contribution in [0.25, 0.3) is 0 Å². The van der Waals surface area contributed by atoms with Gasteiger partial charge in [-0.15, -0.1) is 0 Å². The summed E-state index contributed by atoms with van der Waals surface area (Å²) >= 11 is 0. The van der Waals surface area contributed by atoms with Crippen molar-refractivity contribution in [3.05, 3.63) is 0 Å². The Balaban J connectivity index is 2.45. The molecule has 1 amide bonds. The van der Waals surface area contributed by atoms with Gasteiger partial charge in [-0.25, -0.2) is 0 Å². The lowest BCUT2D eigenvalue weighted by Gasteiger charge is -2.24. The molecule has 5 atom stereocenters. The summed E-state index contributed by atoms with van der Waals surface area (Å²) in [4.78, 5) is 11.9. The van der Waals surface area contributed by atoms with Crippen LogP contribution in [-0.4, -0.2) is 18.0 Å². The van der Waals surface area contributed by atoms with Gasteiger partial charge in [0.25, 0.3) is 0 Å². The summed E-state index contributed by atoms with van der Waals surface area (Å²) in [5.41, 5.74) is 5.92. The average Bonchev–Trinajstić information content (AvgIpc) is 2.58. The molecule has 0 heterocycles. The summed E-state index contributed by atoms with van der Waals surface area (Å²) in [6.07, 6.45) is 3.26. The molecule has 0 spiro atoms. The van der Waals surface area contributed by atoms with E-state index in [1.165, 1.54) is 6.42 Å². The van der Waals surface area contributed by atoms with Crippen LogP contribution in [0.4, 0.5) is 0 Å². The van der Waals surface area contributed by atoms with E-state index >= 15 is 0 Å². The zero-order chi connectivity index (χ0) is 12.3. The summed E-state index contributed by atoms with van der Waals surface area (Å²) in [6.45, 7) is 8.58. The second kappa shape index (κ2) is 5.67. The molecule has 1 saturated carbocycles. The summed E-state index contributed by atoms with van der Waals surface area (Å²) in [5.74, 6) is 1.58. The molecule has 0 bridgehead atoms. The van der Waals surface area contributed by atoms with Crippen molar-refractivity contribution in [2.24, 2.45) is 23.5 Å². The Hall–Kier alpha value is -0.570. The van der Waals surface area contributed by atoms with Crippen molar-refractivity contribution in [3.8, 4) is 0 Å². The van der Waals surface area contributed by atoms with Crippen LogP contribution in [-0.2, 0) is 4.79 Å². The maximum Gasteiger partial charge on any atom is 0.237 e. The fourth-order valence-electron chi connectivity index (χ4n) is 2.36. The van der Waals surface area contributed by atoms with Crippen molar-refractivity contribution < 1.29 is 4.79 Å². The molecule has 0 radical (unpaired) electrons. The summed E-state index contributed by atoms with van der Waals surface area (Å²) in [6, 6.07) is -0.0225. The van der Waals surface area contributed by atoms with E-state index in [2.05, 4.69) is 26.1 Å². The van der Waals surface area contributed by atoms with Gasteiger partial charge in [0.1, 0.15) is 0 Å². The first-order chi connectivity index (χ1) is 7.47. The highest BCUT2D eigenvalue weighted by atomic mass is 16.2. The number of carbonyl (C=O) groups excluding carboxylic acids is 1. The summed E-state index contributed by atoms with van der Waals surface area (Å²) in [7, 11) is 0. The van der Waals surface area contributed by atoms with Crippen LogP contribution >= 0.6 is 0 Å². The zero-order valence-corrected chi connectivity index (χ0v) is 11.0. The molecule has 3 N–H and O–H groups in total. The van der Waals surface area contributed by atoms with Gasteiger partial charge in [-0.2, -0.15) is 0 Å². The quantitative estimate of drug-likeness (QED) is 0.769. The molecular formula is C13H26N2O. The molecule has 3 nitrogen and oxygen atoms in total. The molecule has 1 fully saturated rings. The van der Waals surface area contributed by atoms with E-state index in [9.17, 15) is 4.79 Å². The lowest BCUT2D eigenvalue weighted by Crippen LogP contribution is -2.49. The van der Waals surface area contributed by atoms with E-state index in [-0.39, 0.29) is 17.9 Å². The Morgan fingerprint density at radius 3 is 2.50 bits per heavy atom. The van der Waals surface area contributed by atoms with Gasteiger partial charge in [-0.3, -0.25) is 4.79 Å². The molecule has 1 rings (SSSR count). The van der Waals surface area contributed by atoms with Gasteiger partial charge in [0.05, 0.1) is 6.04 Å². The molecular weight excluding hydrogens is 200 g/mol. The number of hydrogen-bond acceptors (Lipinski definition) is 2. The van der Waals surface area contributed by atoms with Crippen molar-refractivity contribution in [2.75, 3.05) is 0 Å². The number of carbonyl (C=O) groups is 1. The van der Waals surface area contributed by atoms with E-state index in [1.54, 1.807) is 0 Å². The lowest BCUT2D eigenvalue weighted by atomic mass is 9.96. The van der Waals surface area contributed by atoms with Crippen LogP contribution in [0.1, 0.15) is 47.0 Å². The molecule has 1 aliphatic rings. The average molecular weight is 226 g/mol. The third kappa shape index (κ3) is 2.97. The van der Waals surface area contributed by atoms with Crippen molar-refractivity contribution in [2.45, 2.75) is 59.0 Å². The van der Waals surface area contributed by atoms with Gasteiger partial charge in [0, 0.05) is 6.04 Å². The number of hydrogen-bond donors (Lipinski definition) is 2. The molecule has 1 aliphatic carbocycles. The van der Waals surface area contributed by atoms with Gasteiger partial charge in [-0.1, -0.05) is 34.1 Å². The maximum atomic E-state index is 11.9. The van der Waals surface area contributed by atoms with E-state index in [1.807, 2.05) is 6.92 Å². The van der Waals surface area contributed by atoms with Gasteiger partial charge in [0.15, 0.2) is 0 Å². The molecule has 0 aromatic carbocycles. The van der Waals surface area contributed by atoms with E-state index in [4.69, 9.17) is 5.73 Å². The Labute approximate surface area is 99.2 Å². The molecule has 0 aliphatic heterocycles. The first kappa shape index (κ1) is 13.5. The Bertz CT molecular complexity index is 242. The smallest absolute Gasteiger partial charge is 0.237 e. The fourth-order valence-corrected chi connectivity index (χ4v) is 2.36. The van der Waals surface area contributed by atoms with Crippen LogP contribution in [0.15, 0.2) is 0 Å². The summed E-state index contributed by atoms with van der Waals surface area (Å²) < 4.78 is 0. The van der Waals surface area contributed by atoms with Crippen LogP contribution < -0.4 is 11.1 Å². The van der Waals surface area contributed by atoms with E-state index < -0.39 is 0 Å². The molecule has 16 heavy (non-hydrogen) atoms. The molecule has 3 heteroatoms. The number of nitrogens with one attached hydrogen (secondary N) is 1. The predicted molar refractivity (Wildman–Crippen MR) is 66.9 cm³/mol. The number of nitrogens with two attached hydrogens (primary N) is 1. The first-order valence-electron chi connectivity index (χ1n) is 6.53. The first-order valence-corrected chi connectivity index (χ1v) is 6.53. The van der Waals surface area contributed by atoms with E-state index in [0.717, 1.165) is 12.8 Å². The third-order valence-corrected chi connectivity index (χ3v) is 4.35. The second-order valence-electron chi connectivity index (χ2n) is 5.44. The monoisotopic (exact) mass is 226 g/mol. The molecule has 0 aromatic rings. The van der Waals surface area contributed by atoms with Crippen LogP contribution in [0.2, 0.25) is 0 Å². The molecule has 0 saturated heterocycles. The maximum absolute atomic E-state index is 11.9. The van der Waals surface area contributed by atoms with Gasteiger partial charge < -0.3 is 11.1 Å². The van der Waals surface area contributed by atoms with Crippen molar-refractivity contribution in [3.63, 3.8) is 0 Å². The van der Waals surface area contributed by atoms with Crippen molar-refractivity contribution >= 4 is 5.91 Å². The predicted octanol–water partition coefficient (Wildman–Crippen LogP) is 1.91. The third-order valence-electron chi connectivity index (χ3n) is 4.35. The van der Waals surface area contributed by atoms with Crippen LogP contribution in [0.5, 0.6) is 0 Å². The zero-order valence-electron chi connectivity index (χ0n) is 11.0. The largest absolute Gasteiger partial charge is 0.352 e. The highest BCUT2D eigenvalue weighted by Crippen LogP contribution is 2.31. The Kier molecular flexibility index (Phi) is 4.78. The highest BCUT2D eigenvalue weighted by Gasteiger charge is 2.32. The SMILES string of the molecule is CCC(C)C(N)C(=O)NC1CCC(C)C1C. The molecule has 94 valence electrons. The number of rotatable bonds is 4. The van der Waals surface area contributed by atoms with Crippen LogP contribution in [0.3, 0.4) is 0 Å². The van der Waals surface area contributed by atoms with Crippen molar-refractivity contribution in [1.29, 1.82) is 0 Å².